The molecule has 1 amide bonds. The zero-order valence-electron chi connectivity index (χ0n) is 11.1. The third kappa shape index (κ3) is 3.04. The van der Waals surface area contributed by atoms with Gasteiger partial charge in [-0.05, 0) is 38.5 Å². The minimum absolute atomic E-state index is 0.123. The highest BCUT2D eigenvalue weighted by Gasteiger charge is 2.12. The van der Waals surface area contributed by atoms with Gasteiger partial charge in [-0.15, -0.1) is 0 Å². The van der Waals surface area contributed by atoms with Gasteiger partial charge in [0, 0.05) is 22.3 Å². The Morgan fingerprint density at radius 3 is 2.79 bits per heavy atom. The van der Waals surface area contributed by atoms with Crippen LogP contribution < -0.4 is 5.32 Å². The highest BCUT2D eigenvalue weighted by molar-refractivity contribution is 9.10. The van der Waals surface area contributed by atoms with E-state index in [0.29, 0.717) is 11.3 Å². The molecule has 0 atom stereocenters. The highest BCUT2D eigenvalue weighted by atomic mass is 79.9. The van der Waals surface area contributed by atoms with E-state index in [0.717, 1.165) is 10.0 Å². The molecule has 0 saturated carbocycles. The van der Waals surface area contributed by atoms with Gasteiger partial charge in [0.1, 0.15) is 0 Å². The van der Waals surface area contributed by atoms with E-state index in [1.807, 2.05) is 49.8 Å². The summed E-state index contributed by atoms with van der Waals surface area (Å²) in [5, 5.41) is 7.05. The lowest BCUT2D eigenvalue weighted by atomic mass is 10.1. The normalized spacial score (nSPS) is 10.8. The van der Waals surface area contributed by atoms with Crippen molar-refractivity contribution < 1.29 is 4.79 Å². The summed E-state index contributed by atoms with van der Waals surface area (Å²) in [7, 11) is 0. The molecule has 1 aromatic heterocycles. The van der Waals surface area contributed by atoms with Crippen LogP contribution in [0.3, 0.4) is 0 Å². The van der Waals surface area contributed by atoms with Gasteiger partial charge in [0.2, 0.25) is 0 Å². The molecular weight excluding hydrogens is 306 g/mol. The van der Waals surface area contributed by atoms with Crippen LogP contribution in [0.2, 0.25) is 0 Å². The van der Waals surface area contributed by atoms with Gasteiger partial charge in [-0.2, -0.15) is 5.10 Å². The minimum Gasteiger partial charge on any atom is -0.319 e. The van der Waals surface area contributed by atoms with E-state index in [4.69, 9.17) is 0 Å². The number of carbonyl (C=O) groups excluding carboxylic acids is 1. The predicted octanol–water partition coefficient (Wildman–Crippen LogP) is 3.79. The van der Waals surface area contributed by atoms with Gasteiger partial charge in [0.05, 0.1) is 11.9 Å². The van der Waals surface area contributed by atoms with Crippen molar-refractivity contribution in [3.63, 3.8) is 0 Å². The van der Waals surface area contributed by atoms with Crippen molar-refractivity contribution in [1.29, 1.82) is 0 Å². The molecule has 0 bridgehead atoms. The predicted molar refractivity (Wildman–Crippen MR) is 79.4 cm³/mol. The van der Waals surface area contributed by atoms with Gasteiger partial charge in [-0.25, -0.2) is 0 Å². The summed E-state index contributed by atoms with van der Waals surface area (Å²) >= 11 is 3.43. The number of benzene rings is 1. The second-order valence-electron chi connectivity index (χ2n) is 4.67. The molecule has 0 aliphatic rings. The average Bonchev–Trinajstić information content (AvgIpc) is 2.81. The van der Waals surface area contributed by atoms with Gasteiger partial charge >= 0.3 is 0 Å². The van der Waals surface area contributed by atoms with E-state index >= 15 is 0 Å². The summed E-state index contributed by atoms with van der Waals surface area (Å²) in [6, 6.07) is 5.85. The minimum atomic E-state index is -0.123. The Morgan fingerprint density at radius 2 is 2.16 bits per heavy atom. The first-order chi connectivity index (χ1) is 8.99. The number of carbonyl (C=O) groups is 1. The van der Waals surface area contributed by atoms with Gasteiger partial charge < -0.3 is 5.32 Å². The Hall–Kier alpha value is -1.62. The summed E-state index contributed by atoms with van der Waals surface area (Å²) in [5.41, 5.74) is 2.29. The number of nitrogens with one attached hydrogen (secondary N) is 1. The summed E-state index contributed by atoms with van der Waals surface area (Å²) in [4.78, 5) is 12.2. The first kappa shape index (κ1) is 13.8. The van der Waals surface area contributed by atoms with Crippen LogP contribution >= 0.6 is 15.9 Å². The van der Waals surface area contributed by atoms with E-state index in [2.05, 4.69) is 26.3 Å². The molecule has 0 aliphatic heterocycles. The van der Waals surface area contributed by atoms with Crippen LogP contribution in [0.1, 0.15) is 35.8 Å². The van der Waals surface area contributed by atoms with Crippen LogP contribution in [-0.2, 0) is 0 Å². The van der Waals surface area contributed by atoms with Crippen molar-refractivity contribution in [2.45, 2.75) is 26.8 Å². The van der Waals surface area contributed by atoms with E-state index in [1.165, 1.54) is 0 Å². The molecule has 100 valence electrons. The van der Waals surface area contributed by atoms with Crippen LogP contribution in [-0.4, -0.2) is 15.7 Å². The number of halogens is 1. The number of hydrogen-bond acceptors (Lipinski definition) is 2. The van der Waals surface area contributed by atoms with Crippen LogP contribution in [0.15, 0.2) is 35.1 Å². The molecule has 0 radical (unpaired) electrons. The fraction of sp³-hybridized carbons (Fsp3) is 0.286. The Balaban J connectivity index is 2.18. The van der Waals surface area contributed by atoms with Crippen molar-refractivity contribution in [1.82, 2.24) is 9.78 Å². The standard InChI is InChI=1S/C14H16BrN3O/c1-9(2)18-8-11(7-16-18)17-14(19)12-5-4-6-13(15)10(12)3/h4-9H,1-3H3,(H,17,19). The Labute approximate surface area is 120 Å². The zero-order chi connectivity index (χ0) is 14.0. The quantitative estimate of drug-likeness (QED) is 0.934. The maximum absolute atomic E-state index is 12.2. The van der Waals surface area contributed by atoms with Crippen molar-refractivity contribution >= 4 is 27.5 Å². The maximum Gasteiger partial charge on any atom is 0.256 e. The van der Waals surface area contributed by atoms with Gasteiger partial charge in [-0.1, -0.05) is 22.0 Å². The van der Waals surface area contributed by atoms with E-state index < -0.39 is 0 Å². The number of aromatic nitrogens is 2. The first-order valence-corrected chi connectivity index (χ1v) is 6.89. The van der Waals surface area contributed by atoms with Crippen LogP contribution in [0.4, 0.5) is 5.69 Å². The molecule has 0 fully saturated rings. The second-order valence-corrected chi connectivity index (χ2v) is 5.52. The average molecular weight is 322 g/mol. The Kier molecular flexibility index (Phi) is 4.04. The molecule has 0 unspecified atom stereocenters. The molecule has 1 heterocycles. The topological polar surface area (TPSA) is 46.9 Å². The molecule has 4 nitrogen and oxygen atoms in total. The van der Waals surface area contributed by atoms with Crippen molar-refractivity contribution in [2.75, 3.05) is 5.32 Å². The second kappa shape index (κ2) is 5.57. The summed E-state index contributed by atoms with van der Waals surface area (Å²) in [6.45, 7) is 5.99. The molecule has 19 heavy (non-hydrogen) atoms. The third-order valence-corrected chi connectivity index (χ3v) is 3.76. The largest absolute Gasteiger partial charge is 0.319 e. The lowest BCUT2D eigenvalue weighted by Crippen LogP contribution is -2.13. The van der Waals surface area contributed by atoms with Crippen molar-refractivity contribution in [3.05, 3.63) is 46.2 Å². The van der Waals surface area contributed by atoms with E-state index in [1.54, 1.807) is 6.20 Å². The Morgan fingerprint density at radius 1 is 1.42 bits per heavy atom. The molecule has 0 spiro atoms. The smallest absolute Gasteiger partial charge is 0.256 e. The zero-order valence-corrected chi connectivity index (χ0v) is 12.7. The summed E-state index contributed by atoms with van der Waals surface area (Å²) in [6.07, 6.45) is 3.49. The van der Waals surface area contributed by atoms with E-state index in [-0.39, 0.29) is 11.9 Å². The van der Waals surface area contributed by atoms with Crippen LogP contribution in [0.25, 0.3) is 0 Å². The van der Waals surface area contributed by atoms with Crippen molar-refractivity contribution in [3.8, 4) is 0 Å². The third-order valence-electron chi connectivity index (χ3n) is 2.90. The molecule has 2 aromatic rings. The summed E-state index contributed by atoms with van der Waals surface area (Å²) in [5.74, 6) is -0.123. The SMILES string of the molecule is Cc1c(Br)cccc1C(=O)Nc1cnn(C(C)C)c1. The molecule has 2 rings (SSSR count). The number of hydrogen-bond donors (Lipinski definition) is 1. The molecule has 1 N–H and O–H groups in total. The monoisotopic (exact) mass is 321 g/mol. The van der Waals surface area contributed by atoms with Crippen LogP contribution in [0, 0.1) is 6.92 Å². The van der Waals surface area contributed by atoms with Crippen LogP contribution in [0.5, 0.6) is 0 Å². The lowest BCUT2D eigenvalue weighted by molar-refractivity contribution is 0.102. The molecule has 0 aliphatic carbocycles. The number of nitrogens with zero attached hydrogens (tertiary/aromatic N) is 2. The van der Waals surface area contributed by atoms with Gasteiger partial charge in [-0.3, -0.25) is 9.48 Å². The van der Waals surface area contributed by atoms with Gasteiger partial charge in [0.25, 0.3) is 5.91 Å². The fourth-order valence-electron chi connectivity index (χ4n) is 1.74. The Bertz CT molecular complexity index is 604. The van der Waals surface area contributed by atoms with E-state index in [9.17, 15) is 4.79 Å². The molecule has 0 saturated heterocycles. The highest BCUT2D eigenvalue weighted by Crippen LogP contribution is 2.20. The maximum atomic E-state index is 12.2. The molecule has 1 aromatic carbocycles. The molecular formula is C14H16BrN3O. The summed E-state index contributed by atoms with van der Waals surface area (Å²) < 4.78 is 2.74. The van der Waals surface area contributed by atoms with Crippen molar-refractivity contribution in [2.24, 2.45) is 0 Å². The van der Waals surface area contributed by atoms with Gasteiger partial charge in [0.15, 0.2) is 0 Å². The molecule has 5 heteroatoms. The lowest BCUT2D eigenvalue weighted by Gasteiger charge is -2.07. The fourth-order valence-corrected chi connectivity index (χ4v) is 2.10. The first-order valence-electron chi connectivity index (χ1n) is 6.09. The number of rotatable bonds is 3. The number of amides is 1. The number of anilines is 1.